The Hall–Kier alpha value is -2.18. The molecule has 120 valence electrons. The van der Waals surface area contributed by atoms with E-state index in [-0.39, 0.29) is 11.8 Å². The van der Waals surface area contributed by atoms with Crippen molar-refractivity contribution in [1.82, 2.24) is 19.7 Å². The van der Waals surface area contributed by atoms with Gasteiger partial charge in [-0.3, -0.25) is 9.48 Å². The van der Waals surface area contributed by atoms with Crippen LogP contribution < -0.4 is 11.1 Å². The summed E-state index contributed by atoms with van der Waals surface area (Å²) in [4.78, 5) is 20.8. The second-order valence-corrected chi connectivity index (χ2v) is 5.65. The number of carbonyl (C=O) groups excluding carboxylic acids is 1. The third-order valence-electron chi connectivity index (χ3n) is 3.92. The molecule has 2 atom stereocenters. The lowest BCUT2D eigenvalue weighted by Crippen LogP contribution is -2.40. The van der Waals surface area contributed by atoms with Gasteiger partial charge in [-0.2, -0.15) is 5.10 Å². The number of rotatable bonds is 7. The van der Waals surface area contributed by atoms with E-state index in [1.807, 2.05) is 20.9 Å². The number of hydrogen-bond donors (Lipinski definition) is 2. The van der Waals surface area contributed by atoms with Gasteiger partial charge in [0, 0.05) is 13.5 Å². The van der Waals surface area contributed by atoms with Gasteiger partial charge in [-0.1, -0.05) is 27.2 Å². The van der Waals surface area contributed by atoms with E-state index < -0.39 is 6.04 Å². The highest BCUT2D eigenvalue weighted by atomic mass is 16.1. The summed E-state index contributed by atoms with van der Waals surface area (Å²) in [5.41, 5.74) is 6.30. The predicted molar refractivity (Wildman–Crippen MR) is 86.4 cm³/mol. The zero-order chi connectivity index (χ0) is 16.3. The van der Waals surface area contributed by atoms with Gasteiger partial charge in [-0.05, 0) is 12.3 Å². The van der Waals surface area contributed by atoms with Crippen LogP contribution in [-0.4, -0.2) is 31.7 Å². The second-order valence-electron chi connectivity index (χ2n) is 5.65. The zero-order valence-corrected chi connectivity index (χ0v) is 13.6. The molecule has 7 nitrogen and oxygen atoms in total. The number of carbonyl (C=O) groups is 1. The van der Waals surface area contributed by atoms with Gasteiger partial charge in [0.25, 0.3) is 0 Å². The van der Waals surface area contributed by atoms with Crippen LogP contribution in [0.3, 0.4) is 0 Å². The first-order valence-corrected chi connectivity index (χ1v) is 7.72. The summed E-state index contributed by atoms with van der Waals surface area (Å²) in [6, 6.07) is -0.460. The predicted octanol–water partition coefficient (Wildman–Crippen LogP) is 1.63. The van der Waals surface area contributed by atoms with Crippen LogP contribution >= 0.6 is 0 Å². The molecule has 1 amide bonds. The largest absolute Gasteiger partial charge is 0.368 e. The first-order valence-electron chi connectivity index (χ1n) is 7.72. The molecule has 0 aliphatic heterocycles. The minimum Gasteiger partial charge on any atom is -0.368 e. The maximum Gasteiger partial charge on any atom is 0.240 e. The van der Waals surface area contributed by atoms with Crippen molar-refractivity contribution in [3.05, 3.63) is 12.0 Å². The molecular formula is C15H24N6O. The minimum atomic E-state index is -0.460. The molecule has 0 radical (unpaired) electrons. The summed E-state index contributed by atoms with van der Waals surface area (Å²) in [7, 11) is 1.84. The van der Waals surface area contributed by atoms with E-state index in [1.165, 1.54) is 0 Å². The Morgan fingerprint density at radius 1 is 1.41 bits per heavy atom. The summed E-state index contributed by atoms with van der Waals surface area (Å²) in [5.74, 6) is 1.12. The first kappa shape index (κ1) is 16.2. The molecule has 2 rings (SSSR count). The Labute approximate surface area is 130 Å². The number of nitrogens with zero attached hydrogens (tertiary/aromatic N) is 4. The Kier molecular flexibility index (Phi) is 4.95. The van der Waals surface area contributed by atoms with E-state index in [0.29, 0.717) is 5.82 Å². The fourth-order valence-electron chi connectivity index (χ4n) is 2.39. The number of nitrogens with one attached hydrogen (secondary N) is 1. The molecule has 2 aromatic rings. The van der Waals surface area contributed by atoms with Crippen LogP contribution in [0.5, 0.6) is 0 Å². The lowest BCUT2D eigenvalue weighted by molar-refractivity contribution is -0.119. The van der Waals surface area contributed by atoms with Gasteiger partial charge < -0.3 is 11.1 Å². The molecule has 2 aromatic heterocycles. The second kappa shape index (κ2) is 6.72. The average Bonchev–Trinajstić information content (AvgIpc) is 2.85. The van der Waals surface area contributed by atoms with Crippen molar-refractivity contribution in [3.63, 3.8) is 0 Å². The maximum absolute atomic E-state index is 11.8. The van der Waals surface area contributed by atoms with Crippen LogP contribution in [0.25, 0.3) is 11.0 Å². The Morgan fingerprint density at radius 3 is 2.73 bits per heavy atom. The monoisotopic (exact) mass is 304 g/mol. The lowest BCUT2D eigenvalue weighted by Gasteiger charge is -2.22. The SMILES string of the molecule is CCCc1nc(N[C@H](C(N)=O)[C@@H](C)CC)c2cnn(C)c2n1. The number of primary amides is 1. The van der Waals surface area contributed by atoms with Crippen molar-refractivity contribution in [2.24, 2.45) is 18.7 Å². The van der Waals surface area contributed by atoms with Crippen molar-refractivity contribution in [2.45, 2.75) is 46.1 Å². The normalized spacial score (nSPS) is 14.0. The van der Waals surface area contributed by atoms with E-state index in [4.69, 9.17) is 5.73 Å². The number of aromatic nitrogens is 4. The topological polar surface area (TPSA) is 98.7 Å². The summed E-state index contributed by atoms with van der Waals surface area (Å²) in [6.07, 6.45) is 4.29. The fraction of sp³-hybridized carbons (Fsp3) is 0.600. The van der Waals surface area contributed by atoms with Gasteiger partial charge >= 0.3 is 0 Å². The third kappa shape index (κ3) is 3.18. The summed E-state index contributed by atoms with van der Waals surface area (Å²) in [5, 5.41) is 8.24. The van der Waals surface area contributed by atoms with Gasteiger partial charge in [0.05, 0.1) is 11.6 Å². The first-order chi connectivity index (χ1) is 10.5. The van der Waals surface area contributed by atoms with Crippen LogP contribution in [-0.2, 0) is 18.3 Å². The van der Waals surface area contributed by atoms with Crippen LogP contribution in [0.1, 0.15) is 39.4 Å². The summed E-state index contributed by atoms with van der Waals surface area (Å²) < 4.78 is 1.71. The van der Waals surface area contributed by atoms with E-state index in [0.717, 1.165) is 36.1 Å². The number of fused-ring (bicyclic) bond motifs is 1. The number of amides is 1. The molecule has 0 aliphatic rings. The summed E-state index contributed by atoms with van der Waals surface area (Å²) >= 11 is 0. The van der Waals surface area contributed by atoms with Crippen LogP contribution in [0.2, 0.25) is 0 Å². The molecule has 3 N–H and O–H groups in total. The molecule has 0 saturated heterocycles. The number of aryl methyl sites for hydroxylation is 2. The average molecular weight is 304 g/mol. The Balaban J connectivity index is 2.46. The molecule has 0 unspecified atom stereocenters. The van der Waals surface area contributed by atoms with Crippen molar-refractivity contribution in [3.8, 4) is 0 Å². The highest BCUT2D eigenvalue weighted by Crippen LogP contribution is 2.22. The standard InChI is InChI=1S/C15H24N6O/c1-5-7-11-18-14(10-8-17-21(4)15(10)19-11)20-12(13(16)22)9(3)6-2/h8-9,12H,5-7H2,1-4H3,(H2,16,22)(H,18,19,20)/t9-,12-/m0/s1. The van der Waals surface area contributed by atoms with Gasteiger partial charge in [-0.15, -0.1) is 0 Å². The van der Waals surface area contributed by atoms with Gasteiger partial charge in [0.2, 0.25) is 5.91 Å². The molecule has 2 heterocycles. The Bertz CT molecular complexity index is 665. The number of hydrogen-bond acceptors (Lipinski definition) is 5. The smallest absolute Gasteiger partial charge is 0.240 e. The minimum absolute atomic E-state index is 0.119. The third-order valence-corrected chi connectivity index (χ3v) is 3.92. The van der Waals surface area contributed by atoms with Crippen molar-refractivity contribution in [1.29, 1.82) is 0 Å². The Morgan fingerprint density at radius 2 is 2.14 bits per heavy atom. The molecule has 0 fully saturated rings. The van der Waals surface area contributed by atoms with E-state index in [2.05, 4.69) is 27.3 Å². The lowest BCUT2D eigenvalue weighted by atomic mass is 9.98. The molecule has 0 aromatic carbocycles. The molecule has 0 spiro atoms. The fourth-order valence-corrected chi connectivity index (χ4v) is 2.39. The van der Waals surface area contributed by atoms with Crippen molar-refractivity contribution < 1.29 is 4.79 Å². The summed E-state index contributed by atoms with van der Waals surface area (Å²) in [6.45, 7) is 6.11. The molecule has 0 bridgehead atoms. The van der Waals surface area contributed by atoms with Crippen LogP contribution in [0, 0.1) is 5.92 Å². The van der Waals surface area contributed by atoms with Crippen LogP contribution in [0.15, 0.2) is 6.20 Å². The molecule has 7 heteroatoms. The highest BCUT2D eigenvalue weighted by Gasteiger charge is 2.23. The molecule has 0 saturated carbocycles. The quantitative estimate of drug-likeness (QED) is 0.810. The molecule has 0 aliphatic carbocycles. The van der Waals surface area contributed by atoms with E-state index in [9.17, 15) is 4.79 Å². The highest BCUT2D eigenvalue weighted by molar-refractivity contribution is 5.90. The number of anilines is 1. The van der Waals surface area contributed by atoms with Crippen molar-refractivity contribution in [2.75, 3.05) is 5.32 Å². The van der Waals surface area contributed by atoms with Gasteiger partial charge in [-0.25, -0.2) is 9.97 Å². The molecular weight excluding hydrogens is 280 g/mol. The van der Waals surface area contributed by atoms with E-state index >= 15 is 0 Å². The maximum atomic E-state index is 11.8. The van der Waals surface area contributed by atoms with Crippen molar-refractivity contribution >= 4 is 22.8 Å². The van der Waals surface area contributed by atoms with E-state index in [1.54, 1.807) is 10.9 Å². The van der Waals surface area contributed by atoms with Crippen LogP contribution in [0.4, 0.5) is 5.82 Å². The number of nitrogens with two attached hydrogens (primary N) is 1. The zero-order valence-electron chi connectivity index (χ0n) is 13.6. The van der Waals surface area contributed by atoms with Gasteiger partial charge in [0.1, 0.15) is 17.7 Å². The molecule has 22 heavy (non-hydrogen) atoms. The van der Waals surface area contributed by atoms with Gasteiger partial charge in [0.15, 0.2) is 5.65 Å².